The first-order valence-corrected chi connectivity index (χ1v) is 8.39. The largest absolute Gasteiger partial charge is 0.455 e. The number of ether oxygens (including phenoxy) is 1. The van der Waals surface area contributed by atoms with Gasteiger partial charge in [0.05, 0.1) is 0 Å². The van der Waals surface area contributed by atoms with Crippen molar-refractivity contribution in [2.24, 2.45) is 5.14 Å². The molecule has 0 saturated carbocycles. The molecule has 2 N–H and O–H groups in total. The van der Waals surface area contributed by atoms with Crippen LogP contribution in [0.1, 0.15) is 0 Å². The van der Waals surface area contributed by atoms with E-state index in [0.717, 1.165) is 5.56 Å². The summed E-state index contributed by atoms with van der Waals surface area (Å²) in [4.78, 5) is 4.00. The Morgan fingerprint density at radius 1 is 0.913 bits per heavy atom. The molecule has 2 aromatic carbocycles. The van der Waals surface area contributed by atoms with Gasteiger partial charge in [-0.25, -0.2) is 13.6 Å². The zero-order chi connectivity index (χ0) is 16.3. The molecule has 0 aliphatic heterocycles. The predicted octanol–water partition coefficient (Wildman–Crippen LogP) is 3.19. The SMILES string of the molecule is NS(=O)(=O)c1cccc(-c2cccnc2)c1Oc1ccccc1. The van der Waals surface area contributed by atoms with Gasteiger partial charge >= 0.3 is 0 Å². The van der Waals surface area contributed by atoms with Crippen LogP contribution in [0.25, 0.3) is 11.1 Å². The summed E-state index contributed by atoms with van der Waals surface area (Å²) in [5, 5.41) is 5.33. The molecule has 3 aromatic rings. The molecule has 0 fully saturated rings. The molecule has 5 nitrogen and oxygen atoms in total. The Morgan fingerprint density at radius 2 is 1.70 bits per heavy atom. The number of hydrogen-bond donors (Lipinski definition) is 1. The Balaban J connectivity index is 2.21. The number of hydrogen-bond acceptors (Lipinski definition) is 4. The van der Waals surface area contributed by atoms with Crippen LogP contribution in [0.15, 0.2) is 78.0 Å². The summed E-state index contributed by atoms with van der Waals surface area (Å²) in [6.07, 6.45) is 3.28. The minimum absolute atomic E-state index is 0.0669. The molecule has 0 unspecified atom stereocenters. The molecule has 0 atom stereocenters. The van der Waals surface area contributed by atoms with Crippen LogP contribution in [0.4, 0.5) is 0 Å². The van der Waals surface area contributed by atoms with Crippen molar-refractivity contribution in [1.82, 2.24) is 4.98 Å². The highest BCUT2D eigenvalue weighted by Gasteiger charge is 2.20. The van der Waals surface area contributed by atoms with E-state index in [1.807, 2.05) is 12.1 Å². The molecule has 23 heavy (non-hydrogen) atoms. The van der Waals surface area contributed by atoms with Crippen LogP contribution in [0.5, 0.6) is 11.5 Å². The minimum atomic E-state index is -3.93. The van der Waals surface area contributed by atoms with Crippen molar-refractivity contribution in [2.45, 2.75) is 4.90 Å². The lowest BCUT2D eigenvalue weighted by atomic mass is 10.1. The fourth-order valence-electron chi connectivity index (χ4n) is 2.20. The Labute approximate surface area is 134 Å². The normalized spacial score (nSPS) is 11.2. The molecule has 1 heterocycles. The van der Waals surface area contributed by atoms with E-state index < -0.39 is 10.0 Å². The Morgan fingerprint density at radius 3 is 2.35 bits per heavy atom. The first-order valence-electron chi connectivity index (χ1n) is 6.85. The minimum Gasteiger partial charge on any atom is -0.455 e. The van der Waals surface area contributed by atoms with E-state index in [-0.39, 0.29) is 10.6 Å². The number of benzene rings is 2. The van der Waals surface area contributed by atoms with E-state index in [2.05, 4.69) is 4.98 Å². The average Bonchev–Trinajstić information content (AvgIpc) is 2.56. The number of rotatable bonds is 4. The third-order valence-corrected chi connectivity index (χ3v) is 4.16. The molecule has 0 amide bonds. The number of para-hydroxylation sites is 2. The number of nitrogens with two attached hydrogens (primary N) is 1. The number of sulfonamides is 1. The Bertz CT molecular complexity index is 911. The maximum absolute atomic E-state index is 11.9. The Kier molecular flexibility index (Phi) is 4.10. The van der Waals surface area contributed by atoms with E-state index >= 15 is 0 Å². The summed E-state index contributed by atoms with van der Waals surface area (Å²) in [5.74, 6) is 0.711. The molecule has 116 valence electrons. The molecule has 6 heteroatoms. The lowest BCUT2D eigenvalue weighted by Crippen LogP contribution is -2.13. The quantitative estimate of drug-likeness (QED) is 0.798. The fraction of sp³-hybridized carbons (Fsp3) is 0. The third-order valence-electron chi connectivity index (χ3n) is 3.22. The smallest absolute Gasteiger partial charge is 0.241 e. The standard InChI is InChI=1S/C17H14N2O3S/c18-23(20,21)16-10-4-9-15(13-6-5-11-19-12-13)17(16)22-14-7-2-1-3-8-14/h1-12H,(H2,18,20,21). The van der Waals surface area contributed by atoms with Gasteiger partial charge in [0.1, 0.15) is 10.6 Å². The molecule has 0 aliphatic carbocycles. The number of primary sulfonamides is 1. The molecular formula is C17H14N2O3S. The van der Waals surface area contributed by atoms with Gasteiger partial charge in [0.2, 0.25) is 10.0 Å². The maximum Gasteiger partial charge on any atom is 0.241 e. The maximum atomic E-state index is 11.9. The molecule has 0 radical (unpaired) electrons. The number of aromatic nitrogens is 1. The first kappa shape index (κ1) is 15.2. The predicted molar refractivity (Wildman–Crippen MR) is 87.6 cm³/mol. The lowest BCUT2D eigenvalue weighted by molar-refractivity contribution is 0.469. The van der Waals surface area contributed by atoms with E-state index in [0.29, 0.717) is 11.3 Å². The monoisotopic (exact) mass is 326 g/mol. The van der Waals surface area contributed by atoms with Gasteiger partial charge in [-0.3, -0.25) is 4.98 Å². The summed E-state index contributed by atoms with van der Waals surface area (Å²) in [6.45, 7) is 0. The van der Waals surface area contributed by atoms with Gasteiger partial charge in [-0.2, -0.15) is 0 Å². The van der Waals surface area contributed by atoms with Gasteiger partial charge in [0, 0.05) is 23.5 Å². The van der Waals surface area contributed by atoms with Crippen LogP contribution in [0.2, 0.25) is 0 Å². The molecule has 0 aliphatic rings. The van der Waals surface area contributed by atoms with Crippen molar-refractivity contribution >= 4 is 10.0 Å². The van der Waals surface area contributed by atoms with Crippen LogP contribution in [-0.4, -0.2) is 13.4 Å². The highest BCUT2D eigenvalue weighted by molar-refractivity contribution is 7.89. The van der Waals surface area contributed by atoms with Gasteiger partial charge < -0.3 is 4.74 Å². The second-order valence-corrected chi connectivity index (χ2v) is 6.36. The summed E-state index contributed by atoms with van der Waals surface area (Å²) in [5.41, 5.74) is 1.34. The van der Waals surface area contributed by atoms with Crippen LogP contribution in [0.3, 0.4) is 0 Å². The van der Waals surface area contributed by atoms with Crippen LogP contribution in [-0.2, 0) is 10.0 Å². The third kappa shape index (κ3) is 3.39. The van der Waals surface area contributed by atoms with Crippen LogP contribution >= 0.6 is 0 Å². The Hall–Kier alpha value is -2.70. The summed E-state index contributed by atoms with van der Waals surface area (Å²) >= 11 is 0. The number of nitrogens with zero attached hydrogens (tertiary/aromatic N) is 1. The van der Waals surface area contributed by atoms with Crippen molar-refractivity contribution in [3.63, 3.8) is 0 Å². The second kappa shape index (κ2) is 6.20. The molecule has 1 aromatic heterocycles. The van der Waals surface area contributed by atoms with E-state index in [1.165, 1.54) is 6.07 Å². The van der Waals surface area contributed by atoms with Crippen molar-refractivity contribution in [3.05, 3.63) is 73.1 Å². The molecule has 0 spiro atoms. The van der Waals surface area contributed by atoms with E-state index in [9.17, 15) is 8.42 Å². The average molecular weight is 326 g/mol. The van der Waals surface area contributed by atoms with Crippen LogP contribution in [0, 0.1) is 0 Å². The summed E-state index contributed by atoms with van der Waals surface area (Å²) < 4.78 is 29.7. The molecule has 0 bridgehead atoms. The number of pyridine rings is 1. The van der Waals surface area contributed by atoms with Crippen molar-refractivity contribution in [2.75, 3.05) is 0 Å². The van der Waals surface area contributed by atoms with Gasteiger partial charge in [-0.15, -0.1) is 0 Å². The summed E-state index contributed by atoms with van der Waals surface area (Å²) in [7, 11) is -3.93. The molecule has 0 saturated heterocycles. The topological polar surface area (TPSA) is 82.3 Å². The highest BCUT2D eigenvalue weighted by Crippen LogP contribution is 2.37. The van der Waals surface area contributed by atoms with Gasteiger partial charge in [0.15, 0.2) is 5.75 Å². The van der Waals surface area contributed by atoms with Gasteiger partial charge in [-0.1, -0.05) is 36.4 Å². The zero-order valence-electron chi connectivity index (χ0n) is 12.1. The van der Waals surface area contributed by atoms with Crippen molar-refractivity contribution < 1.29 is 13.2 Å². The lowest BCUT2D eigenvalue weighted by Gasteiger charge is -2.14. The molecular weight excluding hydrogens is 312 g/mol. The van der Waals surface area contributed by atoms with Gasteiger partial charge in [0.25, 0.3) is 0 Å². The summed E-state index contributed by atoms with van der Waals surface area (Å²) in [6, 6.07) is 17.4. The van der Waals surface area contributed by atoms with Gasteiger partial charge in [-0.05, 0) is 24.3 Å². The highest BCUT2D eigenvalue weighted by atomic mass is 32.2. The molecule has 3 rings (SSSR count). The van der Waals surface area contributed by atoms with Crippen molar-refractivity contribution in [3.8, 4) is 22.6 Å². The van der Waals surface area contributed by atoms with E-state index in [1.54, 1.807) is 54.9 Å². The first-order chi connectivity index (χ1) is 11.1. The van der Waals surface area contributed by atoms with Crippen LogP contribution < -0.4 is 9.88 Å². The fourth-order valence-corrected chi connectivity index (χ4v) is 2.88. The zero-order valence-corrected chi connectivity index (χ0v) is 12.9. The van der Waals surface area contributed by atoms with E-state index in [4.69, 9.17) is 9.88 Å². The second-order valence-electron chi connectivity index (χ2n) is 4.83. The van der Waals surface area contributed by atoms with Crippen molar-refractivity contribution in [1.29, 1.82) is 0 Å².